The van der Waals surface area contributed by atoms with Gasteiger partial charge in [-0.05, 0) is 18.8 Å². The van der Waals surface area contributed by atoms with Gasteiger partial charge in [-0.2, -0.15) is 12.7 Å². The smallest absolute Gasteiger partial charge is 0.353 e. The molecule has 1 unspecified atom stereocenters. The second-order valence-electron chi connectivity index (χ2n) is 10.4. The first-order valence-electron chi connectivity index (χ1n) is 12.7. The highest BCUT2D eigenvalue weighted by atomic mass is 32.2. The summed E-state index contributed by atoms with van der Waals surface area (Å²) in [5.41, 5.74) is 5.89. The number of fused-ring (bicyclic) bond motifs is 1. The summed E-state index contributed by atoms with van der Waals surface area (Å²) in [5.74, 6) is -1.86. The van der Waals surface area contributed by atoms with Crippen molar-refractivity contribution in [1.29, 1.82) is 0 Å². The standard InChI is InChI=1S/C23H37N5O6S2/c1-4-16(29)7-12(2)18-19-13(3)21(20(23(31)32)28(19)22(18)30)35-17-8-15(25-10-17)9-26-36(33,34)27-6-5-14(24)11-27/h12-15,17-19,25-26H,4-11,24H2,1-3H3,(H,31,32)/t12-,13+,14-,15-,17?,18+,19+/m0/s1. The van der Waals surface area contributed by atoms with Gasteiger partial charge in [0.1, 0.15) is 11.5 Å². The average Bonchev–Trinajstić information content (AvgIpc) is 3.51. The molecule has 13 heteroatoms. The number of ketones is 1. The molecule has 4 rings (SSSR count). The van der Waals surface area contributed by atoms with Crippen molar-refractivity contribution in [1.82, 2.24) is 19.2 Å². The predicted molar refractivity (Wildman–Crippen MR) is 136 cm³/mol. The zero-order valence-corrected chi connectivity index (χ0v) is 22.6. The molecule has 3 saturated heterocycles. The molecule has 0 aliphatic carbocycles. The topological polar surface area (TPSA) is 162 Å². The van der Waals surface area contributed by atoms with Crippen LogP contribution in [0.4, 0.5) is 0 Å². The molecule has 0 spiro atoms. The van der Waals surface area contributed by atoms with Gasteiger partial charge in [0.05, 0.1) is 12.0 Å². The summed E-state index contributed by atoms with van der Waals surface area (Å²) in [6.45, 7) is 7.24. The summed E-state index contributed by atoms with van der Waals surface area (Å²) < 4.78 is 29.1. The van der Waals surface area contributed by atoms with Crippen LogP contribution in [0.5, 0.6) is 0 Å². The Morgan fingerprint density at radius 1 is 1.36 bits per heavy atom. The molecule has 3 fully saturated rings. The molecule has 4 heterocycles. The number of nitrogens with zero attached hydrogens (tertiary/aromatic N) is 2. The second kappa shape index (κ2) is 10.7. The fourth-order valence-electron chi connectivity index (χ4n) is 5.87. The van der Waals surface area contributed by atoms with Crippen LogP contribution in [0.15, 0.2) is 10.6 Å². The zero-order valence-electron chi connectivity index (χ0n) is 21.0. The van der Waals surface area contributed by atoms with Gasteiger partial charge >= 0.3 is 5.97 Å². The van der Waals surface area contributed by atoms with E-state index >= 15 is 0 Å². The van der Waals surface area contributed by atoms with Crippen molar-refractivity contribution in [2.75, 3.05) is 26.2 Å². The van der Waals surface area contributed by atoms with Crippen molar-refractivity contribution >= 4 is 39.6 Å². The van der Waals surface area contributed by atoms with Crippen molar-refractivity contribution in [3.05, 3.63) is 10.6 Å². The van der Waals surface area contributed by atoms with E-state index in [1.165, 1.54) is 21.0 Å². The summed E-state index contributed by atoms with van der Waals surface area (Å²) in [6.07, 6.45) is 2.06. The maximum atomic E-state index is 13.0. The minimum absolute atomic E-state index is 0.0536. The van der Waals surface area contributed by atoms with Crippen LogP contribution >= 0.6 is 11.8 Å². The number of rotatable bonds is 11. The van der Waals surface area contributed by atoms with Crippen LogP contribution < -0.4 is 15.8 Å². The summed E-state index contributed by atoms with van der Waals surface area (Å²) in [7, 11) is -3.59. The van der Waals surface area contributed by atoms with Gasteiger partial charge in [0.2, 0.25) is 5.91 Å². The van der Waals surface area contributed by atoms with Crippen molar-refractivity contribution < 1.29 is 27.9 Å². The van der Waals surface area contributed by atoms with Crippen LogP contribution in [0.3, 0.4) is 0 Å². The Bertz CT molecular complexity index is 1050. The number of carbonyl (C=O) groups is 3. The highest BCUT2D eigenvalue weighted by molar-refractivity contribution is 8.03. The molecular weight excluding hydrogens is 506 g/mol. The number of aliphatic carboxylic acids is 1. The third kappa shape index (κ3) is 5.23. The Labute approximate surface area is 216 Å². The van der Waals surface area contributed by atoms with Crippen LogP contribution in [-0.2, 0) is 24.6 Å². The molecule has 202 valence electrons. The Morgan fingerprint density at radius 3 is 2.69 bits per heavy atom. The number of carbonyl (C=O) groups excluding carboxylic acids is 2. The molecule has 7 atom stereocenters. The molecule has 0 aromatic heterocycles. The largest absolute Gasteiger partial charge is 0.477 e. The fraction of sp³-hybridized carbons (Fsp3) is 0.783. The molecule has 0 radical (unpaired) electrons. The number of hydrogen-bond donors (Lipinski definition) is 4. The Hall–Kier alpha value is -1.51. The van der Waals surface area contributed by atoms with Gasteiger partial charge in [0.25, 0.3) is 10.2 Å². The molecule has 5 N–H and O–H groups in total. The molecule has 36 heavy (non-hydrogen) atoms. The first kappa shape index (κ1) is 27.5. The summed E-state index contributed by atoms with van der Waals surface area (Å²) >= 11 is 1.48. The van der Waals surface area contributed by atoms with Gasteiger partial charge in [0.15, 0.2) is 0 Å². The lowest BCUT2D eigenvalue weighted by Gasteiger charge is -2.47. The Kier molecular flexibility index (Phi) is 8.18. The first-order valence-corrected chi connectivity index (χ1v) is 15.0. The highest BCUT2D eigenvalue weighted by Gasteiger charge is 2.60. The van der Waals surface area contributed by atoms with Gasteiger partial charge in [-0.1, -0.05) is 20.8 Å². The molecule has 0 aromatic rings. The summed E-state index contributed by atoms with van der Waals surface area (Å²) in [4.78, 5) is 39.2. The van der Waals surface area contributed by atoms with Crippen LogP contribution in [0.25, 0.3) is 0 Å². The van der Waals surface area contributed by atoms with E-state index in [-0.39, 0.29) is 65.1 Å². The molecule has 0 saturated carbocycles. The molecule has 0 aromatic carbocycles. The van der Waals surface area contributed by atoms with Crippen molar-refractivity contribution in [2.45, 2.75) is 69.8 Å². The lowest BCUT2D eigenvalue weighted by atomic mass is 9.73. The van der Waals surface area contributed by atoms with Crippen LogP contribution in [0, 0.1) is 17.8 Å². The number of nitrogens with two attached hydrogens (primary N) is 1. The van der Waals surface area contributed by atoms with E-state index in [2.05, 4.69) is 10.0 Å². The Morgan fingerprint density at radius 2 is 2.08 bits per heavy atom. The van der Waals surface area contributed by atoms with Gasteiger partial charge in [-0.3, -0.25) is 9.59 Å². The van der Waals surface area contributed by atoms with Crippen LogP contribution in [0.1, 0.15) is 46.5 Å². The Balaban J connectivity index is 1.37. The number of thioether (sulfide) groups is 1. The fourth-order valence-corrected chi connectivity index (χ4v) is 8.72. The number of nitrogens with one attached hydrogen (secondary N) is 2. The monoisotopic (exact) mass is 543 g/mol. The average molecular weight is 544 g/mol. The molecule has 0 bridgehead atoms. The summed E-state index contributed by atoms with van der Waals surface area (Å²) in [5, 5.41) is 13.3. The molecule has 11 nitrogen and oxygen atoms in total. The number of carboxylic acid groups (broad SMARTS) is 1. The van der Waals surface area contributed by atoms with E-state index in [0.29, 0.717) is 50.2 Å². The van der Waals surface area contributed by atoms with Gasteiger partial charge in [-0.25, -0.2) is 9.52 Å². The van der Waals surface area contributed by atoms with Gasteiger partial charge < -0.3 is 21.1 Å². The lowest BCUT2D eigenvalue weighted by Crippen LogP contribution is -2.62. The predicted octanol–water partition coefficient (Wildman–Crippen LogP) is 0.0957. The van der Waals surface area contributed by atoms with Crippen LogP contribution in [-0.4, -0.2) is 89.9 Å². The van der Waals surface area contributed by atoms with Crippen LogP contribution in [0.2, 0.25) is 0 Å². The molecular formula is C23H37N5O6S2. The van der Waals surface area contributed by atoms with Gasteiger partial charge in [-0.15, -0.1) is 11.8 Å². The van der Waals surface area contributed by atoms with E-state index in [1.54, 1.807) is 6.92 Å². The van der Waals surface area contributed by atoms with E-state index in [1.807, 2.05) is 13.8 Å². The normalized spacial score (nSPS) is 33.7. The van der Waals surface area contributed by atoms with Crippen molar-refractivity contribution in [3.63, 3.8) is 0 Å². The molecule has 4 aliphatic rings. The van der Waals surface area contributed by atoms with Crippen molar-refractivity contribution in [3.8, 4) is 0 Å². The lowest BCUT2D eigenvalue weighted by molar-refractivity contribution is -0.160. The van der Waals surface area contributed by atoms with E-state index in [9.17, 15) is 27.9 Å². The third-order valence-corrected chi connectivity index (χ3v) is 10.9. The highest BCUT2D eigenvalue weighted by Crippen LogP contribution is 2.53. The number of carboxylic acids is 1. The number of amides is 1. The second-order valence-corrected chi connectivity index (χ2v) is 13.5. The third-order valence-electron chi connectivity index (χ3n) is 7.86. The molecule has 1 amide bonds. The number of hydrogen-bond acceptors (Lipinski definition) is 8. The first-order chi connectivity index (χ1) is 16.9. The van der Waals surface area contributed by atoms with E-state index < -0.39 is 16.2 Å². The minimum Gasteiger partial charge on any atom is -0.477 e. The molecule has 4 aliphatic heterocycles. The SMILES string of the molecule is CCC(=O)C[C@H](C)[C@H]1C(=O)N2C(C(=O)O)=C(SC3CN[C@H](CNS(=O)(=O)N4CC[C@H](N)C4)C3)[C@H](C)[C@H]12. The minimum atomic E-state index is -3.59. The van der Waals surface area contributed by atoms with Crippen molar-refractivity contribution in [2.24, 2.45) is 23.5 Å². The van der Waals surface area contributed by atoms with Gasteiger partial charge in [0, 0.05) is 67.2 Å². The number of β-lactam (4-membered cyclic amide) rings is 1. The number of Topliss-reactive ketones (excluding diaryl/α,β-unsaturated/α-hetero) is 1. The van der Waals surface area contributed by atoms with E-state index in [4.69, 9.17) is 5.73 Å². The maximum Gasteiger partial charge on any atom is 0.353 e. The zero-order chi connectivity index (χ0) is 26.4. The van der Waals surface area contributed by atoms with E-state index in [0.717, 1.165) is 0 Å². The maximum absolute atomic E-state index is 13.0. The summed E-state index contributed by atoms with van der Waals surface area (Å²) in [6, 6.07) is -0.454. The quantitative estimate of drug-likeness (QED) is 0.265.